The van der Waals surface area contributed by atoms with Crippen LogP contribution in [0, 0.1) is 6.92 Å². The number of furan rings is 1. The first-order chi connectivity index (χ1) is 11.1. The minimum Gasteiger partial charge on any atom is -0.465 e. The maximum atomic E-state index is 12.6. The SMILES string of the molecule is CC1=NN(c2cccc(Cl)c2C)C(=O)/C1=C/C=C/c1ccco1. The summed E-state index contributed by atoms with van der Waals surface area (Å²) in [6.45, 7) is 3.68. The fourth-order valence-electron chi connectivity index (χ4n) is 2.32. The van der Waals surface area contributed by atoms with Gasteiger partial charge < -0.3 is 4.42 Å². The van der Waals surface area contributed by atoms with Gasteiger partial charge >= 0.3 is 0 Å². The number of rotatable bonds is 3. The number of hydrazone groups is 1. The van der Waals surface area contributed by atoms with Gasteiger partial charge in [-0.3, -0.25) is 4.79 Å². The molecule has 0 N–H and O–H groups in total. The van der Waals surface area contributed by atoms with Crippen molar-refractivity contribution in [2.75, 3.05) is 5.01 Å². The number of hydrogen-bond donors (Lipinski definition) is 0. The average molecular weight is 327 g/mol. The van der Waals surface area contributed by atoms with Gasteiger partial charge in [0, 0.05) is 5.02 Å². The van der Waals surface area contributed by atoms with Gasteiger partial charge in [-0.15, -0.1) is 0 Å². The van der Waals surface area contributed by atoms with Crippen LogP contribution in [0.15, 0.2) is 63.8 Å². The Kier molecular flexibility index (Phi) is 4.17. The molecule has 2 aromatic rings. The predicted molar refractivity (Wildman–Crippen MR) is 92.6 cm³/mol. The maximum absolute atomic E-state index is 12.6. The molecule has 0 fully saturated rings. The number of carbonyl (C=O) groups excluding carboxylic acids is 1. The molecule has 1 aliphatic rings. The monoisotopic (exact) mass is 326 g/mol. The fraction of sp³-hybridized carbons (Fsp3) is 0.111. The molecule has 1 amide bonds. The van der Waals surface area contributed by atoms with Gasteiger partial charge in [0.2, 0.25) is 0 Å². The fourth-order valence-corrected chi connectivity index (χ4v) is 2.49. The van der Waals surface area contributed by atoms with Gasteiger partial charge in [-0.1, -0.05) is 23.7 Å². The van der Waals surface area contributed by atoms with Crippen molar-refractivity contribution in [2.24, 2.45) is 5.10 Å². The van der Waals surface area contributed by atoms with Crippen molar-refractivity contribution in [1.29, 1.82) is 0 Å². The maximum Gasteiger partial charge on any atom is 0.280 e. The van der Waals surface area contributed by atoms with Crippen LogP contribution in [0.25, 0.3) is 6.08 Å². The van der Waals surface area contributed by atoms with E-state index in [1.807, 2.05) is 32.0 Å². The normalized spacial score (nSPS) is 16.7. The summed E-state index contributed by atoms with van der Waals surface area (Å²) >= 11 is 6.13. The Morgan fingerprint density at radius 1 is 1.22 bits per heavy atom. The number of amides is 1. The Bertz CT molecular complexity index is 833. The second-order valence-electron chi connectivity index (χ2n) is 5.14. The topological polar surface area (TPSA) is 45.8 Å². The molecule has 116 valence electrons. The summed E-state index contributed by atoms with van der Waals surface area (Å²) in [5, 5.41) is 6.36. The van der Waals surface area contributed by atoms with Crippen molar-refractivity contribution in [3.05, 3.63) is 70.7 Å². The molecule has 23 heavy (non-hydrogen) atoms. The summed E-state index contributed by atoms with van der Waals surface area (Å²) in [6.07, 6.45) is 6.91. The number of halogens is 1. The Hall–Kier alpha value is -2.59. The molecule has 4 nitrogen and oxygen atoms in total. The Morgan fingerprint density at radius 3 is 2.78 bits per heavy atom. The van der Waals surface area contributed by atoms with Crippen LogP contribution in [0.4, 0.5) is 5.69 Å². The second-order valence-corrected chi connectivity index (χ2v) is 5.55. The van der Waals surface area contributed by atoms with E-state index in [0.717, 1.165) is 11.3 Å². The molecule has 0 saturated carbocycles. The van der Waals surface area contributed by atoms with Crippen molar-refractivity contribution < 1.29 is 9.21 Å². The highest BCUT2D eigenvalue weighted by Crippen LogP contribution is 2.30. The molecule has 5 heteroatoms. The molecule has 3 rings (SSSR count). The van der Waals surface area contributed by atoms with Gasteiger partial charge in [0.25, 0.3) is 5.91 Å². The van der Waals surface area contributed by atoms with Gasteiger partial charge in [-0.2, -0.15) is 10.1 Å². The minimum atomic E-state index is -0.169. The van der Waals surface area contributed by atoms with E-state index in [9.17, 15) is 4.79 Å². The number of benzene rings is 1. The molecule has 0 spiro atoms. The highest BCUT2D eigenvalue weighted by atomic mass is 35.5. The molecule has 1 aliphatic heterocycles. The molecule has 1 aromatic heterocycles. The summed E-state index contributed by atoms with van der Waals surface area (Å²) in [5.74, 6) is 0.557. The lowest BCUT2D eigenvalue weighted by atomic mass is 10.1. The molecule has 0 bridgehead atoms. The first-order valence-electron chi connectivity index (χ1n) is 7.15. The zero-order chi connectivity index (χ0) is 16.4. The molecular weight excluding hydrogens is 312 g/mol. The summed E-state index contributed by atoms with van der Waals surface area (Å²) in [4.78, 5) is 12.6. The summed E-state index contributed by atoms with van der Waals surface area (Å²) in [7, 11) is 0. The summed E-state index contributed by atoms with van der Waals surface area (Å²) in [5.41, 5.74) is 2.73. The minimum absolute atomic E-state index is 0.169. The molecule has 0 aliphatic carbocycles. The number of nitrogens with zero attached hydrogens (tertiary/aromatic N) is 2. The van der Waals surface area contributed by atoms with E-state index < -0.39 is 0 Å². The van der Waals surface area contributed by atoms with Gasteiger partial charge in [0.15, 0.2) is 0 Å². The van der Waals surface area contributed by atoms with Gasteiger partial charge in [-0.05, 0) is 55.8 Å². The first-order valence-corrected chi connectivity index (χ1v) is 7.53. The van der Waals surface area contributed by atoms with E-state index in [-0.39, 0.29) is 5.91 Å². The van der Waals surface area contributed by atoms with E-state index in [1.165, 1.54) is 5.01 Å². The van der Waals surface area contributed by atoms with Crippen LogP contribution in [0.3, 0.4) is 0 Å². The third-order valence-electron chi connectivity index (χ3n) is 3.60. The van der Waals surface area contributed by atoms with Crippen molar-refractivity contribution in [3.8, 4) is 0 Å². The first kappa shape index (κ1) is 15.3. The molecule has 0 saturated heterocycles. The molecule has 2 heterocycles. The van der Waals surface area contributed by atoms with Crippen LogP contribution in [-0.2, 0) is 4.79 Å². The lowest BCUT2D eigenvalue weighted by molar-refractivity contribution is -0.114. The highest BCUT2D eigenvalue weighted by Gasteiger charge is 2.29. The standard InChI is InChI=1S/C18H15ClN2O2/c1-12-16(19)9-4-10-17(12)21-18(22)15(13(2)20-21)8-3-6-14-7-5-11-23-14/h3-11H,1-2H3/b6-3+,15-8+. The number of anilines is 1. The van der Waals surface area contributed by atoms with Crippen LogP contribution in [0.5, 0.6) is 0 Å². The van der Waals surface area contributed by atoms with E-state index in [0.29, 0.717) is 22.0 Å². The largest absolute Gasteiger partial charge is 0.465 e. The summed E-state index contributed by atoms with van der Waals surface area (Å²) in [6, 6.07) is 9.08. The lowest BCUT2D eigenvalue weighted by Gasteiger charge is -2.15. The van der Waals surface area contributed by atoms with Gasteiger partial charge in [0.1, 0.15) is 5.76 Å². The van der Waals surface area contributed by atoms with Gasteiger partial charge in [-0.25, -0.2) is 0 Å². The number of hydrogen-bond acceptors (Lipinski definition) is 3. The average Bonchev–Trinajstić information content (AvgIpc) is 3.13. The van der Waals surface area contributed by atoms with Crippen LogP contribution in [0.1, 0.15) is 18.2 Å². The van der Waals surface area contributed by atoms with Gasteiger partial charge in [0.05, 0.1) is 23.2 Å². The van der Waals surface area contributed by atoms with E-state index >= 15 is 0 Å². The van der Waals surface area contributed by atoms with E-state index in [4.69, 9.17) is 16.0 Å². The molecular formula is C18H15ClN2O2. The van der Waals surface area contributed by atoms with Crippen molar-refractivity contribution in [2.45, 2.75) is 13.8 Å². The van der Waals surface area contributed by atoms with Crippen LogP contribution >= 0.6 is 11.6 Å². The molecule has 1 aromatic carbocycles. The zero-order valence-corrected chi connectivity index (χ0v) is 13.5. The second kappa shape index (κ2) is 6.26. The summed E-state index contributed by atoms with van der Waals surface area (Å²) < 4.78 is 5.21. The van der Waals surface area contributed by atoms with Crippen LogP contribution in [0.2, 0.25) is 5.02 Å². The smallest absolute Gasteiger partial charge is 0.280 e. The third-order valence-corrected chi connectivity index (χ3v) is 4.01. The Morgan fingerprint density at radius 2 is 2.04 bits per heavy atom. The third kappa shape index (κ3) is 2.98. The molecule has 0 atom stereocenters. The number of allylic oxidation sites excluding steroid dienone is 2. The highest BCUT2D eigenvalue weighted by molar-refractivity contribution is 6.33. The Labute approximate surface area is 139 Å². The van der Waals surface area contributed by atoms with Crippen molar-refractivity contribution in [3.63, 3.8) is 0 Å². The lowest BCUT2D eigenvalue weighted by Crippen LogP contribution is -2.22. The van der Waals surface area contributed by atoms with E-state index in [2.05, 4.69) is 5.10 Å². The van der Waals surface area contributed by atoms with Crippen LogP contribution < -0.4 is 5.01 Å². The van der Waals surface area contributed by atoms with Crippen LogP contribution in [-0.4, -0.2) is 11.6 Å². The Balaban J connectivity index is 1.88. The zero-order valence-electron chi connectivity index (χ0n) is 12.8. The quantitative estimate of drug-likeness (QED) is 0.773. The predicted octanol–water partition coefficient (Wildman–Crippen LogP) is 4.60. The van der Waals surface area contributed by atoms with Crippen molar-refractivity contribution in [1.82, 2.24) is 0 Å². The van der Waals surface area contributed by atoms with E-state index in [1.54, 1.807) is 36.6 Å². The molecule has 0 radical (unpaired) electrons. The molecule has 0 unspecified atom stereocenters. The number of carbonyl (C=O) groups is 1. The van der Waals surface area contributed by atoms with Crippen molar-refractivity contribution >= 4 is 35.0 Å².